The summed E-state index contributed by atoms with van der Waals surface area (Å²) in [7, 11) is 0. The molecule has 2 aromatic carbocycles. The molecule has 0 bridgehead atoms. The highest BCUT2D eigenvalue weighted by Gasteiger charge is 2.32. The highest BCUT2D eigenvalue weighted by atomic mass is 79.9. The number of alkyl halides is 2. The lowest BCUT2D eigenvalue weighted by Crippen LogP contribution is -2.45. The molecule has 0 unspecified atom stereocenters. The summed E-state index contributed by atoms with van der Waals surface area (Å²) >= 11 is 8.53. The summed E-state index contributed by atoms with van der Waals surface area (Å²) < 4.78 is 31.2. The standard InChI is InChI=1S/C19H16BrF2N3O2S/c1-10-15(17(26)24-12-8-6-11(20)7-9-12)16(25-19(28)23-10)13-4-2-3-5-14(13)27-18(21)22/h2-9,16,18H,1H3,(H,24,26)(H2,23,25,28)/t16-/m0/s1. The maximum absolute atomic E-state index is 13.0. The van der Waals surface area contributed by atoms with Crippen molar-refractivity contribution >= 4 is 44.9 Å². The van der Waals surface area contributed by atoms with Crippen molar-refractivity contribution in [3.63, 3.8) is 0 Å². The lowest BCUT2D eigenvalue weighted by atomic mass is 9.94. The molecule has 9 heteroatoms. The van der Waals surface area contributed by atoms with Crippen molar-refractivity contribution < 1.29 is 18.3 Å². The topological polar surface area (TPSA) is 62.4 Å². The van der Waals surface area contributed by atoms with E-state index in [0.29, 0.717) is 22.5 Å². The van der Waals surface area contributed by atoms with Crippen molar-refractivity contribution in [2.75, 3.05) is 5.32 Å². The van der Waals surface area contributed by atoms with Gasteiger partial charge in [0.15, 0.2) is 5.11 Å². The molecule has 1 atom stereocenters. The average Bonchev–Trinajstić information content (AvgIpc) is 2.63. The van der Waals surface area contributed by atoms with Gasteiger partial charge in [0.1, 0.15) is 5.75 Å². The molecular formula is C19H16BrF2N3O2S. The van der Waals surface area contributed by atoms with Crippen LogP contribution in [0.2, 0.25) is 0 Å². The Bertz CT molecular complexity index is 935. The molecule has 0 aromatic heterocycles. The van der Waals surface area contributed by atoms with Gasteiger partial charge in [-0.3, -0.25) is 4.79 Å². The van der Waals surface area contributed by atoms with Crippen LogP contribution in [0.3, 0.4) is 0 Å². The summed E-state index contributed by atoms with van der Waals surface area (Å²) in [6, 6.07) is 12.6. The number of ether oxygens (including phenoxy) is 1. The number of allylic oxidation sites excluding steroid dienone is 1. The summed E-state index contributed by atoms with van der Waals surface area (Å²) in [5.74, 6) is -0.416. The lowest BCUT2D eigenvalue weighted by Gasteiger charge is -2.31. The van der Waals surface area contributed by atoms with Gasteiger partial charge in [-0.25, -0.2) is 0 Å². The first-order chi connectivity index (χ1) is 13.3. The SMILES string of the molecule is CC1=C(C(=O)Nc2ccc(Br)cc2)[C@H](c2ccccc2OC(F)F)NC(=S)N1. The van der Waals surface area contributed by atoms with Crippen molar-refractivity contribution in [2.45, 2.75) is 19.6 Å². The molecule has 0 aliphatic carbocycles. The molecule has 5 nitrogen and oxygen atoms in total. The van der Waals surface area contributed by atoms with Gasteiger partial charge in [-0.2, -0.15) is 8.78 Å². The van der Waals surface area contributed by atoms with Crippen LogP contribution in [-0.2, 0) is 4.79 Å². The second-order valence-corrected chi connectivity index (χ2v) is 7.27. The predicted octanol–water partition coefficient (Wildman–Crippen LogP) is 4.48. The zero-order valence-electron chi connectivity index (χ0n) is 14.6. The monoisotopic (exact) mass is 467 g/mol. The molecule has 1 aliphatic heterocycles. The number of halogens is 3. The van der Waals surface area contributed by atoms with Gasteiger partial charge in [-0.1, -0.05) is 34.1 Å². The van der Waals surface area contributed by atoms with Gasteiger partial charge in [-0.05, 0) is 49.5 Å². The van der Waals surface area contributed by atoms with Crippen molar-refractivity contribution in [1.29, 1.82) is 0 Å². The Balaban J connectivity index is 1.97. The number of thiocarbonyl (C=S) groups is 1. The minimum atomic E-state index is -2.99. The van der Waals surface area contributed by atoms with E-state index in [0.717, 1.165) is 4.47 Å². The Morgan fingerprint density at radius 3 is 2.57 bits per heavy atom. The van der Waals surface area contributed by atoms with E-state index in [9.17, 15) is 13.6 Å². The van der Waals surface area contributed by atoms with Crippen molar-refractivity contribution in [3.05, 3.63) is 69.8 Å². The number of carbonyl (C=O) groups excluding carboxylic acids is 1. The van der Waals surface area contributed by atoms with E-state index in [1.54, 1.807) is 49.4 Å². The lowest BCUT2D eigenvalue weighted by molar-refractivity contribution is -0.113. The molecule has 0 fully saturated rings. The van der Waals surface area contributed by atoms with Crippen LogP contribution in [0.1, 0.15) is 18.5 Å². The Morgan fingerprint density at radius 1 is 1.21 bits per heavy atom. The Hall–Kier alpha value is -2.52. The summed E-state index contributed by atoms with van der Waals surface area (Å²) in [5.41, 5.74) is 1.82. The van der Waals surface area contributed by atoms with E-state index >= 15 is 0 Å². The average molecular weight is 468 g/mol. The summed E-state index contributed by atoms with van der Waals surface area (Å²) in [6.07, 6.45) is 0. The smallest absolute Gasteiger partial charge is 0.387 e. The molecule has 0 radical (unpaired) electrons. The maximum Gasteiger partial charge on any atom is 0.387 e. The van der Waals surface area contributed by atoms with E-state index in [-0.39, 0.29) is 16.8 Å². The third kappa shape index (κ3) is 4.66. The van der Waals surface area contributed by atoms with Gasteiger partial charge in [-0.15, -0.1) is 0 Å². The van der Waals surface area contributed by atoms with Gasteiger partial charge in [0.2, 0.25) is 0 Å². The summed E-state index contributed by atoms with van der Waals surface area (Å²) in [6.45, 7) is -1.28. The number of amides is 1. The molecule has 146 valence electrons. The van der Waals surface area contributed by atoms with E-state index in [1.807, 2.05) is 0 Å². The number of hydrogen-bond acceptors (Lipinski definition) is 3. The minimum absolute atomic E-state index is 0.0264. The molecule has 2 aromatic rings. The molecule has 1 aliphatic rings. The molecule has 0 saturated heterocycles. The normalized spacial score (nSPS) is 16.5. The van der Waals surface area contributed by atoms with Crippen molar-refractivity contribution in [2.24, 2.45) is 0 Å². The molecule has 3 N–H and O–H groups in total. The van der Waals surface area contributed by atoms with E-state index < -0.39 is 12.7 Å². The zero-order chi connectivity index (χ0) is 20.3. The highest BCUT2D eigenvalue weighted by molar-refractivity contribution is 9.10. The molecule has 28 heavy (non-hydrogen) atoms. The second-order valence-electron chi connectivity index (χ2n) is 5.95. The maximum atomic E-state index is 13.0. The van der Waals surface area contributed by atoms with Crippen LogP contribution in [0.4, 0.5) is 14.5 Å². The third-order valence-corrected chi connectivity index (χ3v) is 4.81. The van der Waals surface area contributed by atoms with Gasteiger partial charge in [0, 0.05) is 21.4 Å². The summed E-state index contributed by atoms with van der Waals surface area (Å²) in [5, 5.41) is 8.98. The van der Waals surface area contributed by atoms with Crippen LogP contribution in [0, 0.1) is 0 Å². The van der Waals surface area contributed by atoms with Crippen molar-refractivity contribution in [3.8, 4) is 5.75 Å². The fraction of sp³-hybridized carbons (Fsp3) is 0.158. The van der Waals surface area contributed by atoms with Gasteiger partial charge < -0.3 is 20.7 Å². The fourth-order valence-corrected chi connectivity index (χ4v) is 3.42. The Labute approximate surface area is 174 Å². The highest BCUT2D eigenvalue weighted by Crippen LogP contribution is 2.34. The molecule has 1 heterocycles. The molecule has 0 saturated carbocycles. The van der Waals surface area contributed by atoms with Crippen molar-refractivity contribution in [1.82, 2.24) is 10.6 Å². The number of para-hydroxylation sites is 1. The molecular weight excluding hydrogens is 452 g/mol. The van der Waals surface area contributed by atoms with E-state index in [4.69, 9.17) is 12.2 Å². The number of rotatable bonds is 5. The third-order valence-electron chi connectivity index (χ3n) is 4.06. The first-order valence-electron chi connectivity index (χ1n) is 8.24. The van der Waals surface area contributed by atoms with Crippen LogP contribution in [0.15, 0.2) is 64.3 Å². The molecule has 3 rings (SSSR count). The first kappa shape index (κ1) is 20.2. The van der Waals surface area contributed by atoms with Crippen LogP contribution in [0.25, 0.3) is 0 Å². The van der Waals surface area contributed by atoms with Gasteiger partial charge in [0.25, 0.3) is 5.91 Å². The minimum Gasteiger partial charge on any atom is -0.434 e. The van der Waals surface area contributed by atoms with Gasteiger partial charge in [0.05, 0.1) is 11.6 Å². The number of benzene rings is 2. The van der Waals surface area contributed by atoms with Crippen LogP contribution >= 0.6 is 28.1 Å². The molecule has 0 spiro atoms. The largest absolute Gasteiger partial charge is 0.434 e. The molecule has 1 amide bonds. The van der Waals surface area contributed by atoms with E-state index in [1.165, 1.54) is 6.07 Å². The zero-order valence-corrected chi connectivity index (χ0v) is 17.0. The van der Waals surface area contributed by atoms with Crippen LogP contribution in [0.5, 0.6) is 5.75 Å². The second kappa shape index (κ2) is 8.66. The first-order valence-corrected chi connectivity index (χ1v) is 9.44. The van der Waals surface area contributed by atoms with Gasteiger partial charge >= 0.3 is 6.61 Å². The number of nitrogens with one attached hydrogen (secondary N) is 3. The number of hydrogen-bond donors (Lipinski definition) is 3. The fourth-order valence-electron chi connectivity index (χ4n) is 2.88. The Kier molecular flexibility index (Phi) is 6.25. The van der Waals surface area contributed by atoms with Crippen LogP contribution in [-0.4, -0.2) is 17.6 Å². The number of anilines is 1. The predicted molar refractivity (Wildman–Crippen MR) is 110 cm³/mol. The number of carbonyl (C=O) groups is 1. The summed E-state index contributed by atoms with van der Waals surface area (Å²) in [4.78, 5) is 13.0. The quantitative estimate of drug-likeness (QED) is 0.565. The Morgan fingerprint density at radius 2 is 1.89 bits per heavy atom. The van der Waals surface area contributed by atoms with Crippen LogP contribution < -0.4 is 20.7 Å². The van der Waals surface area contributed by atoms with E-state index in [2.05, 4.69) is 36.6 Å².